The predicted octanol–water partition coefficient (Wildman–Crippen LogP) is 1.92. The minimum absolute atomic E-state index is 0.0513. The fraction of sp³-hybridized carbons (Fsp3) is 0.235. The summed E-state index contributed by atoms with van der Waals surface area (Å²) in [6, 6.07) is 9.47. The molecule has 6 nitrogen and oxygen atoms in total. The number of thiazole rings is 1. The molecular formula is C17H17N3O3S. The molecule has 2 N–H and O–H groups in total. The van der Waals surface area contributed by atoms with Crippen molar-refractivity contribution in [2.75, 3.05) is 6.61 Å². The number of hydrogen-bond donors (Lipinski definition) is 2. The second-order valence-electron chi connectivity index (χ2n) is 6.08. The molecule has 0 atom stereocenters. The zero-order valence-corrected chi connectivity index (χ0v) is 14.1. The molecule has 1 aromatic carbocycles. The number of fused-ring (bicyclic) bond motifs is 1. The zero-order valence-electron chi connectivity index (χ0n) is 13.3. The molecule has 1 amide bonds. The first-order chi connectivity index (χ1) is 11.4. The lowest BCUT2D eigenvalue weighted by Gasteiger charge is -2.23. The average Bonchev–Trinajstić information content (AvgIpc) is 3.00. The Hall–Kier alpha value is -2.51. The van der Waals surface area contributed by atoms with E-state index in [0.29, 0.717) is 10.7 Å². The number of carbonyl (C=O) groups is 1. The van der Waals surface area contributed by atoms with Gasteiger partial charge in [0.05, 0.1) is 17.8 Å². The van der Waals surface area contributed by atoms with Crippen LogP contribution in [0, 0.1) is 0 Å². The highest BCUT2D eigenvalue weighted by molar-refractivity contribution is 7.15. The molecule has 0 bridgehead atoms. The quantitative estimate of drug-likeness (QED) is 0.758. The lowest BCUT2D eigenvalue weighted by atomic mass is 10.1. The molecule has 0 aliphatic rings. The van der Waals surface area contributed by atoms with Crippen molar-refractivity contribution in [1.29, 1.82) is 0 Å². The first-order valence-corrected chi connectivity index (χ1v) is 8.29. The van der Waals surface area contributed by atoms with Crippen LogP contribution in [0.1, 0.15) is 24.2 Å². The van der Waals surface area contributed by atoms with Crippen molar-refractivity contribution in [2.24, 2.45) is 0 Å². The van der Waals surface area contributed by atoms with E-state index in [9.17, 15) is 14.7 Å². The van der Waals surface area contributed by atoms with Gasteiger partial charge in [-0.1, -0.05) is 30.3 Å². The fourth-order valence-corrected chi connectivity index (χ4v) is 3.13. The zero-order chi connectivity index (χ0) is 17.3. The molecule has 0 saturated heterocycles. The predicted molar refractivity (Wildman–Crippen MR) is 93.4 cm³/mol. The number of hydrogen-bond acceptors (Lipinski definition) is 5. The molecule has 2 aromatic heterocycles. The summed E-state index contributed by atoms with van der Waals surface area (Å²) in [5.41, 5.74) is 0.279. The number of carbonyl (C=O) groups excluding carboxylic acids is 1. The minimum atomic E-state index is -0.819. The van der Waals surface area contributed by atoms with Crippen LogP contribution in [0.3, 0.4) is 0 Å². The van der Waals surface area contributed by atoms with Gasteiger partial charge in [-0.05, 0) is 19.4 Å². The SMILES string of the molecule is CC(C)(CO)NC(=O)c1cnc2scc(-c3ccccc3)n2c1=O. The standard InChI is InChI=1S/C17H17N3O3S/c1-17(2,10-21)19-14(22)12-8-18-16-20(15(12)23)13(9-24-16)11-6-4-3-5-7-11/h3-9,21H,10H2,1-2H3,(H,19,22). The van der Waals surface area contributed by atoms with E-state index in [4.69, 9.17) is 0 Å². The Labute approximate surface area is 142 Å². The van der Waals surface area contributed by atoms with Crippen LogP contribution in [-0.4, -0.2) is 32.5 Å². The van der Waals surface area contributed by atoms with E-state index < -0.39 is 17.0 Å². The Bertz CT molecular complexity index is 945. The van der Waals surface area contributed by atoms with Crippen LogP contribution in [0.4, 0.5) is 0 Å². The Morgan fingerprint density at radius 2 is 2.04 bits per heavy atom. The third kappa shape index (κ3) is 2.95. The number of aliphatic hydroxyl groups excluding tert-OH is 1. The largest absolute Gasteiger partial charge is 0.394 e. The van der Waals surface area contributed by atoms with Crippen LogP contribution in [-0.2, 0) is 0 Å². The number of aromatic nitrogens is 2. The molecular weight excluding hydrogens is 326 g/mol. The molecule has 124 valence electrons. The highest BCUT2D eigenvalue weighted by atomic mass is 32.1. The summed E-state index contributed by atoms with van der Waals surface area (Å²) < 4.78 is 1.45. The highest BCUT2D eigenvalue weighted by Gasteiger charge is 2.23. The molecule has 3 rings (SSSR count). The summed E-state index contributed by atoms with van der Waals surface area (Å²) in [6.07, 6.45) is 1.28. The number of benzene rings is 1. The van der Waals surface area contributed by atoms with Crippen molar-refractivity contribution in [3.63, 3.8) is 0 Å². The number of amides is 1. The topological polar surface area (TPSA) is 83.7 Å². The van der Waals surface area contributed by atoms with Crippen LogP contribution in [0.2, 0.25) is 0 Å². The second-order valence-corrected chi connectivity index (χ2v) is 6.91. The Kier molecular flexibility index (Phi) is 4.21. The first kappa shape index (κ1) is 16.4. The van der Waals surface area contributed by atoms with Gasteiger partial charge in [0, 0.05) is 11.6 Å². The van der Waals surface area contributed by atoms with E-state index in [1.54, 1.807) is 13.8 Å². The normalized spacial score (nSPS) is 11.6. The Balaban J connectivity index is 2.11. The van der Waals surface area contributed by atoms with Gasteiger partial charge in [0.2, 0.25) is 0 Å². The van der Waals surface area contributed by atoms with Gasteiger partial charge in [-0.2, -0.15) is 0 Å². The number of rotatable bonds is 4. The van der Waals surface area contributed by atoms with Gasteiger partial charge in [-0.15, -0.1) is 11.3 Å². The molecule has 0 fully saturated rings. The Morgan fingerprint density at radius 3 is 2.71 bits per heavy atom. The van der Waals surface area contributed by atoms with Gasteiger partial charge in [-0.3, -0.25) is 14.0 Å². The number of aliphatic hydroxyl groups is 1. The summed E-state index contributed by atoms with van der Waals surface area (Å²) in [6.45, 7) is 3.12. The molecule has 0 spiro atoms. The van der Waals surface area contributed by atoms with Gasteiger partial charge in [0.25, 0.3) is 11.5 Å². The van der Waals surface area contributed by atoms with Crippen molar-refractivity contribution < 1.29 is 9.90 Å². The molecule has 2 heterocycles. The minimum Gasteiger partial charge on any atom is -0.394 e. The summed E-state index contributed by atoms with van der Waals surface area (Å²) in [5.74, 6) is -0.550. The van der Waals surface area contributed by atoms with Crippen LogP contribution in [0.15, 0.2) is 46.7 Å². The monoisotopic (exact) mass is 343 g/mol. The summed E-state index contributed by atoms with van der Waals surface area (Å²) in [5, 5.41) is 13.8. The molecule has 7 heteroatoms. The molecule has 24 heavy (non-hydrogen) atoms. The van der Waals surface area contributed by atoms with E-state index in [1.807, 2.05) is 35.7 Å². The third-order valence-electron chi connectivity index (χ3n) is 3.61. The molecule has 0 unspecified atom stereocenters. The van der Waals surface area contributed by atoms with Crippen molar-refractivity contribution in [1.82, 2.24) is 14.7 Å². The lowest BCUT2D eigenvalue weighted by molar-refractivity contribution is 0.0867. The summed E-state index contributed by atoms with van der Waals surface area (Å²) in [7, 11) is 0. The maximum absolute atomic E-state index is 12.8. The van der Waals surface area contributed by atoms with Gasteiger partial charge in [0.1, 0.15) is 5.56 Å². The summed E-state index contributed by atoms with van der Waals surface area (Å²) >= 11 is 1.34. The van der Waals surface area contributed by atoms with Crippen molar-refractivity contribution in [3.8, 4) is 11.3 Å². The molecule has 3 aromatic rings. The number of nitrogens with one attached hydrogen (secondary N) is 1. The smallest absolute Gasteiger partial charge is 0.271 e. The summed E-state index contributed by atoms with van der Waals surface area (Å²) in [4.78, 5) is 29.9. The van der Waals surface area contributed by atoms with E-state index in [-0.39, 0.29) is 12.2 Å². The number of nitrogens with zero attached hydrogens (tertiary/aromatic N) is 2. The molecule has 0 aliphatic carbocycles. The van der Waals surface area contributed by atoms with Gasteiger partial charge in [-0.25, -0.2) is 4.98 Å². The van der Waals surface area contributed by atoms with Crippen LogP contribution in [0.5, 0.6) is 0 Å². The first-order valence-electron chi connectivity index (χ1n) is 7.41. The van der Waals surface area contributed by atoms with Gasteiger partial charge < -0.3 is 10.4 Å². The van der Waals surface area contributed by atoms with E-state index >= 15 is 0 Å². The maximum atomic E-state index is 12.8. The van der Waals surface area contributed by atoms with Crippen LogP contribution >= 0.6 is 11.3 Å². The molecule has 0 aliphatic heterocycles. The lowest BCUT2D eigenvalue weighted by Crippen LogP contribution is -2.47. The average molecular weight is 343 g/mol. The highest BCUT2D eigenvalue weighted by Crippen LogP contribution is 2.23. The Morgan fingerprint density at radius 1 is 1.33 bits per heavy atom. The molecule has 0 saturated carbocycles. The fourth-order valence-electron chi connectivity index (χ4n) is 2.27. The van der Waals surface area contributed by atoms with Crippen molar-refractivity contribution in [3.05, 3.63) is 57.8 Å². The molecule has 0 radical (unpaired) electrons. The maximum Gasteiger partial charge on any atom is 0.271 e. The second kappa shape index (κ2) is 6.18. The van der Waals surface area contributed by atoms with E-state index in [0.717, 1.165) is 5.56 Å². The van der Waals surface area contributed by atoms with Gasteiger partial charge >= 0.3 is 0 Å². The van der Waals surface area contributed by atoms with E-state index in [2.05, 4.69) is 10.3 Å². The van der Waals surface area contributed by atoms with Crippen LogP contribution < -0.4 is 10.9 Å². The van der Waals surface area contributed by atoms with Gasteiger partial charge in [0.15, 0.2) is 4.96 Å². The van der Waals surface area contributed by atoms with Crippen molar-refractivity contribution in [2.45, 2.75) is 19.4 Å². The van der Waals surface area contributed by atoms with E-state index in [1.165, 1.54) is 21.9 Å². The van der Waals surface area contributed by atoms with Crippen LogP contribution in [0.25, 0.3) is 16.2 Å². The third-order valence-corrected chi connectivity index (χ3v) is 4.45. The van der Waals surface area contributed by atoms with Crippen molar-refractivity contribution >= 4 is 22.2 Å².